The summed E-state index contributed by atoms with van der Waals surface area (Å²) in [5.74, 6) is 0.827. The molecule has 0 aliphatic heterocycles. The standard InChI is InChI=1S/C12H21NS/c1-10(2)5-4-7-13-11(3)12-6-8-14-9-12/h6,8-11,13H,4-5,7H2,1-3H3. The highest BCUT2D eigenvalue weighted by Gasteiger charge is 2.03. The normalized spacial score (nSPS) is 13.4. The minimum Gasteiger partial charge on any atom is -0.310 e. The molecule has 0 aliphatic rings. The van der Waals surface area contributed by atoms with Crippen LogP contribution in [0.3, 0.4) is 0 Å². The lowest BCUT2D eigenvalue weighted by Gasteiger charge is -2.12. The molecule has 2 heteroatoms. The molecular formula is C12H21NS. The fourth-order valence-corrected chi connectivity index (χ4v) is 2.22. The highest BCUT2D eigenvalue weighted by Crippen LogP contribution is 2.15. The molecule has 1 unspecified atom stereocenters. The maximum atomic E-state index is 3.55. The van der Waals surface area contributed by atoms with Crippen LogP contribution in [0.5, 0.6) is 0 Å². The van der Waals surface area contributed by atoms with Crippen LogP contribution in [0, 0.1) is 5.92 Å². The van der Waals surface area contributed by atoms with Crippen LogP contribution in [0.2, 0.25) is 0 Å². The Morgan fingerprint density at radius 2 is 2.14 bits per heavy atom. The largest absolute Gasteiger partial charge is 0.310 e. The lowest BCUT2D eigenvalue weighted by molar-refractivity contribution is 0.498. The number of rotatable bonds is 6. The Morgan fingerprint density at radius 1 is 1.36 bits per heavy atom. The predicted octanol–water partition coefficient (Wildman–Crippen LogP) is 3.83. The first kappa shape index (κ1) is 11.7. The van der Waals surface area contributed by atoms with Gasteiger partial charge in [-0.25, -0.2) is 0 Å². The molecule has 1 aromatic heterocycles. The van der Waals surface area contributed by atoms with Crippen LogP contribution >= 0.6 is 11.3 Å². The van der Waals surface area contributed by atoms with Gasteiger partial charge in [-0.3, -0.25) is 0 Å². The molecule has 1 atom stereocenters. The van der Waals surface area contributed by atoms with Gasteiger partial charge in [0.15, 0.2) is 0 Å². The van der Waals surface area contributed by atoms with Crippen molar-refractivity contribution in [2.45, 2.75) is 39.7 Å². The van der Waals surface area contributed by atoms with Crippen molar-refractivity contribution in [3.8, 4) is 0 Å². The van der Waals surface area contributed by atoms with Crippen LogP contribution in [0.4, 0.5) is 0 Å². The summed E-state index contributed by atoms with van der Waals surface area (Å²) < 4.78 is 0. The summed E-state index contributed by atoms with van der Waals surface area (Å²) in [5, 5.41) is 7.91. The Bertz CT molecular complexity index is 228. The number of thiophene rings is 1. The predicted molar refractivity (Wildman–Crippen MR) is 64.8 cm³/mol. The molecule has 1 heterocycles. The van der Waals surface area contributed by atoms with Gasteiger partial charge in [0.25, 0.3) is 0 Å². The van der Waals surface area contributed by atoms with E-state index in [9.17, 15) is 0 Å². The summed E-state index contributed by atoms with van der Waals surface area (Å²) in [7, 11) is 0. The van der Waals surface area contributed by atoms with Gasteiger partial charge < -0.3 is 5.32 Å². The van der Waals surface area contributed by atoms with Crippen LogP contribution in [-0.4, -0.2) is 6.54 Å². The summed E-state index contributed by atoms with van der Waals surface area (Å²) in [4.78, 5) is 0. The molecule has 0 bridgehead atoms. The van der Waals surface area contributed by atoms with Gasteiger partial charge in [-0.05, 0) is 54.6 Å². The summed E-state index contributed by atoms with van der Waals surface area (Å²) in [6, 6.07) is 2.71. The van der Waals surface area contributed by atoms with Crippen molar-refractivity contribution in [3.63, 3.8) is 0 Å². The highest BCUT2D eigenvalue weighted by molar-refractivity contribution is 7.07. The molecule has 1 N–H and O–H groups in total. The van der Waals surface area contributed by atoms with E-state index in [0.29, 0.717) is 6.04 Å². The van der Waals surface area contributed by atoms with Crippen LogP contribution in [-0.2, 0) is 0 Å². The molecule has 0 spiro atoms. The van der Waals surface area contributed by atoms with Gasteiger partial charge in [0, 0.05) is 6.04 Å². The Morgan fingerprint density at radius 3 is 2.71 bits per heavy atom. The third-order valence-electron chi connectivity index (χ3n) is 2.45. The average Bonchev–Trinajstić information content (AvgIpc) is 2.64. The summed E-state index contributed by atoms with van der Waals surface area (Å²) >= 11 is 1.77. The van der Waals surface area contributed by atoms with Gasteiger partial charge >= 0.3 is 0 Å². The van der Waals surface area contributed by atoms with E-state index in [-0.39, 0.29) is 0 Å². The lowest BCUT2D eigenvalue weighted by Crippen LogP contribution is -2.19. The molecule has 0 saturated heterocycles. The molecule has 1 nitrogen and oxygen atoms in total. The Balaban J connectivity index is 2.13. The molecule has 0 saturated carbocycles. The van der Waals surface area contributed by atoms with E-state index in [1.165, 1.54) is 18.4 Å². The van der Waals surface area contributed by atoms with Crippen molar-refractivity contribution in [3.05, 3.63) is 22.4 Å². The molecule has 80 valence electrons. The van der Waals surface area contributed by atoms with Crippen molar-refractivity contribution in [1.29, 1.82) is 0 Å². The zero-order valence-corrected chi connectivity index (χ0v) is 10.2. The molecule has 1 aromatic rings. The van der Waals surface area contributed by atoms with Gasteiger partial charge in [-0.2, -0.15) is 11.3 Å². The van der Waals surface area contributed by atoms with Crippen LogP contribution in [0.1, 0.15) is 45.2 Å². The number of hydrogen-bond acceptors (Lipinski definition) is 2. The first-order chi connectivity index (χ1) is 6.70. The Kier molecular flexibility index (Phi) is 5.20. The van der Waals surface area contributed by atoms with E-state index in [1.54, 1.807) is 11.3 Å². The van der Waals surface area contributed by atoms with Gasteiger partial charge in [0.1, 0.15) is 0 Å². The van der Waals surface area contributed by atoms with Crippen molar-refractivity contribution >= 4 is 11.3 Å². The first-order valence-electron chi connectivity index (χ1n) is 5.45. The minimum atomic E-state index is 0.508. The van der Waals surface area contributed by atoms with Crippen molar-refractivity contribution in [1.82, 2.24) is 5.32 Å². The second-order valence-corrected chi connectivity index (χ2v) is 5.05. The minimum absolute atomic E-state index is 0.508. The SMILES string of the molecule is CC(C)CCCNC(C)c1ccsc1. The third kappa shape index (κ3) is 4.25. The zero-order valence-electron chi connectivity index (χ0n) is 9.42. The molecule has 0 fully saturated rings. The molecule has 0 radical (unpaired) electrons. The van der Waals surface area contributed by atoms with E-state index in [1.807, 2.05) is 0 Å². The van der Waals surface area contributed by atoms with Crippen LogP contribution in [0.15, 0.2) is 16.8 Å². The maximum absolute atomic E-state index is 3.55. The van der Waals surface area contributed by atoms with Crippen molar-refractivity contribution < 1.29 is 0 Å². The smallest absolute Gasteiger partial charge is 0.0300 e. The van der Waals surface area contributed by atoms with Crippen molar-refractivity contribution in [2.24, 2.45) is 5.92 Å². The van der Waals surface area contributed by atoms with Gasteiger partial charge in [0.05, 0.1) is 0 Å². The number of hydrogen-bond donors (Lipinski definition) is 1. The molecule has 0 amide bonds. The highest BCUT2D eigenvalue weighted by atomic mass is 32.1. The molecule has 0 aromatic carbocycles. The maximum Gasteiger partial charge on any atom is 0.0300 e. The van der Waals surface area contributed by atoms with Gasteiger partial charge in [-0.15, -0.1) is 0 Å². The molecule has 0 aliphatic carbocycles. The van der Waals surface area contributed by atoms with E-state index in [0.717, 1.165) is 12.5 Å². The second kappa shape index (κ2) is 6.20. The first-order valence-corrected chi connectivity index (χ1v) is 6.40. The van der Waals surface area contributed by atoms with E-state index < -0.39 is 0 Å². The lowest BCUT2D eigenvalue weighted by atomic mass is 10.1. The van der Waals surface area contributed by atoms with E-state index >= 15 is 0 Å². The summed E-state index contributed by atoms with van der Waals surface area (Å²) in [6.45, 7) is 7.93. The Hall–Kier alpha value is -0.340. The van der Waals surface area contributed by atoms with E-state index in [2.05, 4.69) is 42.9 Å². The Labute approximate surface area is 91.5 Å². The van der Waals surface area contributed by atoms with Gasteiger partial charge in [-0.1, -0.05) is 13.8 Å². The summed E-state index contributed by atoms with van der Waals surface area (Å²) in [5.41, 5.74) is 1.42. The number of nitrogens with one attached hydrogen (secondary N) is 1. The average molecular weight is 211 g/mol. The topological polar surface area (TPSA) is 12.0 Å². The van der Waals surface area contributed by atoms with Crippen LogP contribution in [0.25, 0.3) is 0 Å². The van der Waals surface area contributed by atoms with Crippen LogP contribution < -0.4 is 5.32 Å². The fourth-order valence-electron chi connectivity index (χ4n) is 1.47. The zero-order chi connectivity index (χ0) is 10.4. The van der Waals surface area contributed by atoms with E-state index in [4.69, 9.17) is 0 Å². The van der Waals surface area contributed by atoms with Gasteiger partial charge in [0.2, 0.25) is 0 Å². The quantitative estimate of drug-likeness (QED) is 0.705. The molecule has 14 heavy (non-hydrogen) atoms. The molecule has 1 rings (SSSR count). The summed E-state index contributed by atoms with van der Waals surface area (Å²) in [6.07, 6.45) is 2.61. The monoisotopic (exact) mass is 211 g/mol. The molecular weight excluding hydrogens is 190 g/mol. The van der Waals surface area contributed by atoms with Crippen molar-refractivity contribution in [2.75, 3.05) is 6.54 Å². The second-order valence-electron chi connectivity index (χ2n) is 4.27. The third-order valence-corrected chi connectivity index (χ3v) is 3.15. The fraction of sp³-hybridized carbons (Fsp3) is 0.667.